The highest BCUT2D eigenvalue weighted by atomic mass is 31.1. The zero-order valence-electron chi connectivity index (χ0n) is 5.78. The quantitative estimate of drug-likeness (QED) is 0.583. The molecule has 0 aliphatic rings. The van der Waals surface area contributed by atoms with E-state index in [9.17, 15) is 9.36 Å². The van der Waals surface area contributed by atoms with Crippen molar-refractivity contribution in [2.45, 2.75) is 12.5 Å². The molecular formula is C5H11NO3P+. The second kappa shape index (κ2) is 4.36. The van der Waals surface area contributed by atoms with Crippen molar-refractivity contribution in [3.63, 3.8) is 0 Å². The van der Waals surface area contributed by atoms with Gasteiger partial charge in [0.15, 0.2) is 0 Å². The van der Waals surface area contributed by atoms with Crippen molar-refractivity contribution in [3.05, 3.63) is 0 Å². The third-order valence-corrected chi connectivity index (χ3v) is 1.96. The Morgan fingerprint density at radius 1 is 1.80 bits per heavy atom. The van der Waals surface area contributed by atoms with E-state index >= 15 is 0 Å². The number of aliphatic carboxylic acids is 1. The zero-order chi connectivity index (χ0) is 8.15. The van der Waals surface area contributed by atoms with Gasteiger partial charge in [0.2, 0.25) is 0 Å². The average molecular weight is 164 g/mol. The lowest BCUT2D eigenvalue weighted by Gasteiger charge is -1.98. The fourth-order valence-corrected chi connectivity index (χ4v) is 1.09. The second-order valence-electron chi connectivity index (χ2n) is 2.08. The first kappa shape index (κ1) is 9.53. The molecule has 0 aromatic carbocycles. The van der Waals surface area contributed by atoms with Crippen molar-refractivity contribution >= 4 is 13.8 Å². The van der Waals surface area contributed by atoms with Gasteiger partial charge in [-0.1, -0.05) is 4.57 Å². The Hall–Kier alpha value is -0.470. The highest BCUT2D eigenvalue weighted by Gasteiger charge is 2.15. The van der Waals surface area contributed by atoms with Crippen LogP contribution in [0, 0.1) is 0 Å². The summed E-state index contributed by atoms with van der Waals surface area (Å²) in [5.74, 6) is -1.03. The lowest BCUT2D eigenvalue weighted by Crippen LogP contribution is -2.30. The minimum atomic E-state index is -1.25. The molecule has 0 rings (SSSR count). The molecule has 0 amide bonds. The fourth-order valence-electron chi connectivity index (χ4n) is 0.444. The van der Waals surface area contributed by atoms with E-state index in [0.717, 1.165) is 0 Å². The Balaban J connectivity index is 3.49. The Morgan fingerprint density at radius 3 is 2.60 bits per heavy atom. The first-order chi connectivity index (χ1) is 4.54. The van der Waals surface area contributed by atoms with Crippen LogP contribution in [0.3, 0.4) is 0 Å². The molecule has 2 unspecified atom stereocenters. The summed E-state index contributed by atoms with van der Waals surface area (Å²) in [7, 11) is -1.25. The van der Waals surface area contributed by atoms with Crippen LogP contribution in [-0.4, -0.2) is 29.9 Å². The first-order valence-corrected chi connectivity index (χ1v) is 4.80. The summed E-state index contributed by atoms with van der Waals surface area (Å²) in [6.45, 7) is 1.56. The van der Waals surface area contributed by atoms with Crippen LogP contribution < -0.4 is 5.73 Å². The molecule has 0 fully saturated rings. The molecule has 0 aromatic rings. The number of hydrogen-bond donors (Lipinski definition) is 2. The molecule has 0 saturated carbocycles. The molecule has 0 aliphatic heterocycles. The topological polar surface area (TPSA) is 80.4 Å². The molecule has 5 heteroatoms. The molecule has 2 atom stereocenters. The molecule has 10 heavy (non-hydrogen) atoms. The molecule has 4 nitrogen and oxygen atoms in total. The number of carboxylic acid groups (broad SMARTS) is 1. The van der Waals surface area contributed by atoms with Crippen LogP contribution in [0.4, 0.5) is 0 Å². The summed E-state index contributed by atoms with van der Waals surface area (Å²) in [6, 6.07) is -0.862. The predicted molar refractivity (Wildman–Crippen MR) is 38.6 cm³/mol. The van der Waals surface area contributed by atoms with Gasteiger partial charge in [0.05, 0.1) is 0 Å². The number of carboxylic acids is 1. The molecule has 58 valence electrons. The van der Waals surface area contributed by atoms with E-state index in [2.05, 4.69) is 0 Å². The number of carbonyl (C=O) groups is 1. The molecule has 0 bridgehead atoms. The van der Waals surface area contributed by atoms with E-state index in [-0.39, 0.29) is 0 Å². The Morgan fingerprint density at radius 2 is 2.30 bits per heavy atom. The summed E-state index contributed by atoms with van der Waals surface area (Å²) in [5.41, 5.74) is 5.14. The molecule has 0 saturated heterocycles. The van der Waals surface area contributed by atoms with Crippen molar-refractivity contribution in [1.82, 2.24) is 0 Å². The molecular weight excluding hydrogens is 153 g/mol. The summed E-state index contributed by atoms with van der Waals surface area (Å²) in [6.07, 6.45) is 0.684. The highest BCUT2D eigenvalue weighted by Crippen LogP contribution is 2.14. The number of nitrogens with two attached hydrogens (primary N) is 1. The van der Waals surface area contributed by atoms with Crippen LogP contribution in [0.15, 0.2) is 0 Å². The Bertz CT molecular complexity index is 148. The molecule has 0 spiro atoms. The third-order valence-electron chi connectivity index (χ3n) is 1.07. The SMILES string of the molecule is C[P+](=O)CCC(N)C(=O)O. The summed E-state index contributed by atoms with van der Waals surface area (Å²) < 4.78 is 10.5. The number of rotatable bonds is 4. The number of hydrogen-bond acceptors (Lipinski definition) is 3. The van der Waals surface area contributed by atoms with Crippen molar-refractivity contribution in [2.24, 2.45) is 5.73 Å². The van der Waals surface area contributed by atoms with Crippen molar-refractivity contribution in [3.8, 4) is 0 Å². The zero-order valence-corrected chi connectivity index (χ0v) is 6.67. The minimum absolute atomic E-state index is 0.293. The molecule has 0 radical (unpaired) electrons. The van der Waals surface area contributed by atoms with E-state index in [1.54, 1.807) is 6.66 Å². The van der Waals surface area contributed by atoms with Crippen molar-refractivity contribution < 1.29 is 14.5 Å². The van der Waals surface area contributed by atoms with E-state index in [1.807, 2.05) is 0 Å². The highest BCUT2D eigenvalue weighted by molar-refractivity contribution is 7.43. The minimum Gasteiger partial charge on any atom is -0.480 e. The molecule has 0 aromatic heterocycles. The summed E-state index contributed by atoms with van der Waals surface area (Å²) >= 11 is 0. The largest absolute Gasteiger partial charge is 0.480 e. The van der Waals surface area contributed by atoms with Gasteiger partial charge < -0.3 is 10.8 Å². The van der Waals surface area contributed by atoms with Crippen molar-refractivity contribution in [1.29, 1.82) is 0 Å². The van der Waals surface area contributed by atoms with Crippen LogP contribution in [0.25, 0.3) is 0 Å². The van der Waals surface area contributed by atoms with Gasteiger partial charge in [0, 0.05) is 6.42 Å². The third kappa shape index (κ3) is 4.41. The van der Waals surface area contributed by atoms with Gasteiger partial charge in [-0.25, -0.2) is 0 Å². The Labute approximate surface area is 60.2 Å². The van der Waals surface area contributed by atoms with E-state index in [0.29, 0.717) is 12.6 Å². The standard InChI is InChI=1S/C5H10NO3P/c1-10(9)3-2-4(6)5(7)8/h4H,2-3,6H2,1H3/p+1. The second-order valence-corrected chi connectivity index (χ2v) is 3.79. The van der Waals surface area contributed by atoms with Gasteiger partial charge in [-0.05, 0) is 0 Å². The average Bonchev–Trinajstić information content (AvgIpc) is 1.82. The maximum Gasteiger partial charge on any atom is 0.335 e. The lowest BCUT2D eigenvalue weighted by atomic mass is 10.2. The van der Waals surface area contributed by atoms with Gasteiger partial charge >= 0.3 is 13.8 Å². The predicted octanol–water partition coefficient (Wildman–Crippen LogP) is 0.246. The van der Waals surface area contributed by atoms with Crippen LogP contribution in [0.5, 0.6) is 0 Å². The summed E-state index contributed by atoms with van der Waals surface area (Å²) in [4.78, 5) is 10.1. The smallest absolute Gasteiger partial charge is 0.335 e. The normalized spacial score (nSPS) is 14.4. The van der Waals surface area contributed by atoms with E-state index in [1.165, 1.54) is 0 Å². The van der Waals surface area contributed by atoms with Crippen molar-refractivity contribution in [2.75, 3.05) is 12.8 Å². The molecule has 0 heterocycles. The fraction of sp³-hybridized carbons (Fsp3) is 0.800. The molecule has 0 aliphatic carbocycles. The van der Waals surface area contributed by atoms with Gasteiger partial charge in [0.1, 0.15) is 18.9 Å². The lowest BCUT2D eigenvalue weighted by molar-refractivity contribution is -0.138. The van der Waals surface area contributed by atoms with Gasteiger partial charge in [0.25, 0.3) is 0 Å². The van der Waals surface area contributed by atoms with Crippen LogP contribution in [0.1, 0.15) is 6.42 Å². The van der Waals surface area contributed by atoms with E-state index in [4.69, 9.17) is 10.8 Å². The van der Waals surface area contributed by atoms with Crippen LogP contribution in [0.2, 0.25) is 0 Å². The van der Waals surface area contributed by atoms with Crippen LogP contribution >= 0.6 is 7.80 Å². The van der Waals surface area contributed by atoms with Gasteiger partial charge in [-0.15, -0.1) is 0 Å². The maximum atomic E-state index is 10.5. The Kier molecular flexibility index (Phi) is 4.16. The summed E-state index contributed by atoms with van der Waals surface area (Å²) in [5, 5.41) is 8.28. The maximum absolute atomic E-state index is 10.5. The monoisotopic (exact) mass is 164 g/mol. The first-order valence-electron chi connectivity index (χ1n) is 2.90. The van der Waals surface area contributed by atoms with Gasteiger partial charge in [-0.2, -0.15) is 0 Å². The van der Waals surface area contributed by atoms with Crippen LogP contribution in [-0.2, 0) is 9.36 Å². The molecule has 3 N–H and O–H groups in total. The van der Waals surface area contributed by atoms with E-state index < -0.39 is 19.8 Å². The van der Waals surface area contributed by atoms with Gasteiger partial charge in [-0.3, -0.25) is 4.79 Å².